The van der Waals surface area contributed by atoms with Crippen LogP contribution in [0.4, 0.5) is 0 Å². The van der Waals surface area contributed by atoms with Gasteiger partial charge in [-0.1, -0.05) is 17.7 Å². The number of nitrogens with one attached hydrogen (secondary N) is 1. The second-order valence-corrected chi connectivity index (χ2v) is 6.12. The summed E-state index contributed by atoms with van der Waals surface area (Å²) in [5.41, 5.74) is 0.372. The van der Waals surface area contributed by atoms with Crippen molar-refractivity contribution in [2.45, 2.75) is 6.73 Å². The molecule has 0 spiro atoms. The maximum absolute atomic E-state index is 12.1. The third-order valence-corrected chi connectivity index (χ3v) is 4.09. The number of ether oxygens (including phenoxy) is 2. The van der Waals surface area contributed by atoms with E-state index in [1.54, 1.807) is 29.1 Å². The van der Waals surface area contributed by atoms with Gasteiger partial charge in [-0.05, 0) is 24.3 Å². The summed E-state index contributed by atoms with van der Waals surface area (Å²) >= 11 is 5.91. The first-order valence-corrected chi connectivity index (χ1v) is 8.58. The minimum absolute atomic E-state index is 0.185. The Morgan fingerprint density at radius 2 is 2.16 bits per heavy atom. The summed E-state index contributed by atoms with van der Waals surface area (Å²) in [6.45, 7) is 4.94. The molecule has 1 aromatic carbocycles. The van der Waals surface area contributed by atoms with E-state index in [2.05, 4.69) is 15.3 Å². The standard InChI is InChI=1S/C17H21ClN4O3/c18-14-2-1-3-15(12-14)25-13-22-6-4-16(20-22)17(23)19-5-7-21-8-10-24-11-9-21/h1-4,6,12H,5,7-11,13H2,(H,19,23). The Morgan fingerprint density at radius 1 is 1.32 bits per heavy atom. The predicted molar refractivity (Wildman–Crippen MR) is 93.9 cm³/mol. The van der Waals surface area contributed by atoms with Gasteiger partial charge in [-0.2, -0.15) is 5.10 Å². The minimum Gasteiger partial charge on any atom is -0.471 e. The summed E-state index contributed by atoms with van der Waals surface area (Å²) < 4.78 is 12.5. The van der Waals surface area contributed by atoms with Crippen LogP contribution in [0.25, 0.3) is 0 Å². The first-order chi connectivity index (χ1) is 12.2. The maximum atomic E-state index is 12.1. The highest BCUT2D eigenvalue weighted by Gasteiger charge is 2.12. The zero-order valence-electron chi connectivity index (χ0n) is 13.9. The van der Waals surface area contributed by atoms with Crippen LogP contribution in [0, 0.1) is 0 Å². The molecule has 1 N–H and O–H groups in total. The Labute approximate surface area is 151 Å². The molecule has 1 aliphatic rings. The molecule has 0 unspecified atom stereocenters. The number of amides is 1. The summed E-state index contributed by atoms with van der Waals surface area (Å²) in [5, 5.41) is 7.72. The van der Waals surface area contributed by atoms with E-state index in [0.29, 0.717) is 23.0 Å². The molecule has 1 aliphatic heterocycles. The summed E-state index contributed by atoms with van der Waals surface area (Å²) in [7, 11) is 0. The van der Waals surface area contributed by atoms with Gasteiger partial charge in [0.05, 0.1) is 13.2 Å². The van der Waals surface area contributed by atoms with Crippen molar-refractivity contribution in [1.82, 2.24) is 20.0 Å². The normalized spacial score (nSPS) is 15.1. The first kappa shape index (κ1) is 17.7. The van der Waals surface area contributed by atoms with E-state index >= 15 is 0 Å². The molecule has 0 saturated carbocycles. The Hall–Kier alpha value is -2.09. The topological polar surface area (TPSA) is 68.6 Å². The van der Waals surface area contributed by atoms with E-state index in [1.807, 2.05) is 12.1 Å². The third kappa shape index (κ3) is 5.45. The molecule has 1 saturated heterocycles. The van der Waals surface area contributed by atoms with Crippen molar-refractivity contribution in [1.29, 1.82) is 0 Å². The lowest BCUT2D eigenvalue weighted by molar-refractivity contribution is 0.0383. The van der Waals surface area contributed by atoms with Crippen LogP contribution >= 0.6 is 11.6 Å². The average molecular weight is 365 g/mol. The van der Waals surface area contributed by atoms with Gasteiger partial charge in [-0.3, -0.25) is 9.69 Å². The van der Waals surface area contributed by atoms with Crippen LogP contribution in [-0.2, 0) is 11.5 Å². The van der Waals surface area contributed by atoms with Crippen LogP contribution in [0.15, 0.2) is 36.5 Å². The Morgan fingerprint density at radius 3 is 2.96 bits per heavy atom. The number of morpholine rings is 1. The van der Waals surface area contributed by atoms with Crippen molar-refractivity contribution in [2.75, 3.05) is 39.4 Å². The number of halogens is 1. The number of benzene rings is 1. The molecule has 1 aromatic heterocycles. The van der Waals surface area contributed by atoms with Crippen molar-refractivity contribution in [3.63, 3.8) is 0 Å². The number of carbonyl (C=O) groups excluding carboxylic acids is 1. The minimum atomic E-state index is -0.185. The summed E-state index contributed by atoms with van der Waals surface area (Å²) in [5.74, 6) is 0.467. The molecule has 0 bridgehead atoms. The number of carbonyl (C=O) groups is 1. The smallest absolute Gasteiger partial charge is 0.271 e. The van der Waals surface area contributed by atoms with Crippen LogP contribution in [0.1, 0.15) is 10.5 Å². The van der Waals surface area contributed by atoms with E-state index in [1.165, 1.54) is 0 Å². The largest absolute Gasteiger partial charge is 0.471 e. The van der Waals surface area contributed by atoms with Crippen molar-refractivity contribution >= 4 is 17.5 Å². The molecule has 0 aliphatic carbocycles. The summed E-state index contributed by atoms with van der Waals surface area (Å²) in [6.07, 6.45) is 1.71. The number of rotatable bonds is 7. The number of hydrogen-bond donors (Lipinski definition) is 1. The zero-order valence-corrected chi connectivity index (χ0v) is 14.6. The van der Waals surface area contributed by atoms with E-state index in [4.69, 9.17) is 21.1 Å². The molecule has 134 valence electrons. The van der Waals surface area contributed by atoms with Gasteiger partial charge in [-0.15, -0.1) is 0 Å². The lowest BCUT2D eigenvalue weighted by Gasteiger charge is -2.26. The molecular formula is C17H21ClN4O3. The second-order valence-electron chi connectivity index (χ2n) is 5.68. The molecule has 0 radical (unpaired) electrons. The molecule has 0 atom stereocenters. The quantitative estimate of drug-likeness (QED) is 0.808. The van der Waals surface area contributed by atoms with Gasteiger partial charge in [0.1, 0.15) is 11.4 Å². The van der Waals surface area contributed by atoms with Crippen LogP contribution < -0.4 is 10.1 Å². The van der Waals surface area contributed by atoms with Gasteiger partial charge in [0.15, 0.2) is 6.73 Å². The zero-order chi connectivity index (χ0) is 17.5. The summed E-state index contributed by atoms with van der Waals surface area (Å²) in [4.78, 5) is 14.4. The van der Waals surface area contributed by atoms with Crippen LogP contribution in [0.2, 0.25) is 5.02 Å². The molecule has 1 amide bonds. The highest BCUT2D eigenvalue weighted by molar-refractivity contribution is 6.30. The average Bonchev–Trinajstić information content (AvgIpc) is 3.10. The molecule has 2 aromatic rings. The van der Waals surface area contributed by atoms with E-state index in [9.17, 15) is 4.79 Å². The van der Waals surface area contributed by atoms with E-state index < -0.39 is 0 Å². The molecule has 8 heteroatoms. The molecule has 7 nitrogen and oxygen atoms in total. The van der Waals surface area contributed by atoms with Gasteiger partial charge in [0, 0.05) is 37.4 Å². The highest BCUT2D eigenvalue weighted by Crippen LogP contribution is 2.17. The van der Waals surface area contributed by atoms with Gasteiger partial charge in [0.25, 0.3) is 5.91 Å². The van der Waals surface area contributed by atoms with Gasteiger partial charge in [-0.25, -0.2) is 4.68 Å². The van der Waals surface area contributed by atoms with Gasteiger partial charge < -0.3 is 14.8 Å². The fourth-order valence-electron chi connectivity index (χ4n) is 2.50. The second kappa shape index (κ2) is 8.84. The number of nitrogens with zero attached hydrogens (tertiary/aromatic N) is 3. The Kier molecular flexibility index (Phi) is 6.27. The van der Waals surface area contributed by atoms with Crippen molar-refractivity contribution in [3.05, 3.63) is 47.2 Å². The fraction of sp³-hybridized carbons (Fsp3) is 0.412. The Bertz CT molecular complexity index is 701. The van der Waals surface area contributed by atoms with Crippen LogP contribution in [0.3, 0.4) is 0 Å². The first-order valence-electron chi connectivity index (χ1n) is 8.21. The molecular weight excluding hydrogens is 344 g/mol. The van der Waals surface area contributed by atoms with Crippen molar-refractivity contribution < 1.29 is 14.3 Å². The maximum Gasteiger partial charge on any atom is 0.271 e. The number of hydrogen-bond acceptors (Lipinski definition) is 5. The van der Waals surface area contributed by atoms with E-state index in [-0.39, 0.29) is 12.6 Å². The Balaban J connectivity index is 1.43. The molecule has 3 rings (SSSR count). The molecule has 2 heterocycles. The summed E-state index contributed by atoms with van der Waals surface area (Å²) in [6, 6.07) is 8.81. The lowest BCUT2D eigenvalue weighted by Crippen LogP contribution is -2.41. The fourth-order valence-corrected chi connectivity index (χ4v) is 2.68. The predicted octanol–water partition coefficient (Wildman–Crippen LogP) is 1.64. The van der Waals surface area contributed by atoms with Gasteiger partial charge in [0.2, 0.25) is 0 Å². The van der Waals surface area contributed by atoms with Crippen LogP contribution in [0.5, 0.6) is 5.75 Å². The molecule has 1 fully saturated rings. The van der Waals surface area contributed by atoms with Gasteiger partial charge >= 0.3 is 0 Å². The van der Waals surface area contributed by atoms with Crippen molar-refractivity contribution in [2.24, 2.45) is 0 Å². The number of aromatic nitrogens is 2. The lowest BCUT2D eigenvalue weighted by atomic mass is 10.3. The van der Waals surface area contributed by atoms with Crippen LogP contribution in [-0.4, -0.2) is 60.0 Å². The SMILES string of the molecule is O=C(NCCN1CCOCC1)c1ccn(COc2cccc(Cl)c2)n1. The monoisotopic (exact) mass is 364 g/mol. The highest BCUT2D eigenvalue weighted by atomic mass is 35.5. The van der Waals surface area contributed by atoms with E-state index in [0.717, 1.165) is 32.8 Å². The molecule has 25 heavy (non-hydrogen) atoms. The third-order valence-electron chi connectivity index (χ3n) is 3.85. The van der Waals surface area contributed by atoms with Crippen molar-refractivity contribution in [3.8, 4) is 5.75 Å².